The van der Waals surface area contributed by atoms with Gasteiger partial charge in [0.2, 0.25) is 11.1 Å². The first-order chi connectivity index (χ1) is 15.1. The minimum Gasteiger partial charge on any atom is -0.349 e. The van der Waals surface area contributed by atoms with E-state index < -0.39 is 0 Å². The van der Waals surface area contributed by atoms with Gasteiger partial charge in [-0.1, -0.05) is 84.6 Å². The number of thioether (sulfide) groups is 1. The maximum Gasteiger partial charge on any atom is 0.230 e. The summed E-state index contributed by atoms with van der Waals surface area (Å²) in [6, 6.07) is 26.3. The molecule has 7 heteroatoms. The number of nitrogens with zero attached hydrogens (tertiary/aromatic N) is 4. The summed E-state index contributed by atoms with van der Waals surface area (Å²) >= 11 is 1.32. The Hall–Kier alpha value is -3.45. The van der Waals surface area contributed by atoms with E-state index in [2.05, 4.69) is 57.2 Å². The van der Waals surface area contributed by atoms with Crippen LogP contribution >= 0.6 is 11.8 Å². The molecule has 0 bridgehead atoms. The van der Waals surface area contributed by atoms with Crippen molar-refractivity contribution in [1.82, 2.24) is 25.5 Å². The van der Waals surface area contributed by atoms with Crippen molar-refractivity contribution in [3.8, 4) is 16.8 Å². The molecule has 4 rings (SSSR count). The average molecular weight is 430 g/mol. The van der Waals surface area contributed by atoms with Gasteiger partial charge < -0.3 is 5.32 Å². The predicted molar refractivity (Wildman–Crippen MR) is 123 cm³/mol. The third-order valence-electron chi connectivity index (χ3n) is 5.01. The number of carbonyl (C=O) groups is 1. The fourth-order valence-corrected chi connectivity index (χ4v) is 4.01. The Morgan fingerprint density at radius 1 is 0.968 bits per heavy atom. The van der Waals surface area contributed by atoms with Crippen LogP contribution in [0.15, 0.2) is 84.0 Å². The van der Waals surface area contributed by atoms with E-state index in [1.165, 1.54) is 17.3 Å². The maximum absolute atomic E-state index is 12.5. The van der Waals surface area contributed by atoms with Crippen LogP contribution < -0.4 is 5.32 Å². The van der Waals surface area contributed by atoms with Crippen LogP contribution in [0.2, 0.25) is 0 Å². The van der Waals surface area contributed by atoms with Crippen molar-refractivity contribution >= 4 is 17.7 Å². The number of rotatable bonds is 7. The van der Waals surface area contributed by atoms with E-state index >= 15 is 0 Å². The van der Waals surface area contributed by atoms with Crippen LogP contribution in [0.5, 0.6) is 0 Å². The summed E-state index contributed by atoms with van der Waals surface area (Å²) < 4.78 is 1.67. The third kappa shape index (κ3) is 5.00. The first kappa shape index (κ1) is 20.8. The molecule has 0 saturated heterocycles. The van der Waals surface area contributed by atoms with Crippen molar-refractivity contribution in [2.24, 2.45) is 0 Å². The highest BCUT2D eigenvalue weighted by atomic mass is 32.2. The molecule has 0 spiro atoms. The third-order valence-corrected chi connectivity index (χ3v) is 5.93. The fraction of sp³-hybridized carbons (Fsp3) is 0.167. The number of benzene rings is 3. The lowest BCUT2D eigenvalue weighted by molar-refractivity contribution is -0.119. The molecule has 1 amide bonds. The van der Waals surface area contributed by atoms with E-state index in [0.29, 0.717) is 5.16 Å². The molecule has 31 heavy (non-hydrogen) atoms. The first-order valence-electron chi connectivity index (χ1n) is 10.0. The summed E-state index contributed by atoms with van der Waals surface area (Å²) in [5.74, 6) is 0.169. The second-order valence-corrected chi connectivity index (χ2v) is 8.17. The Labute approximate surface area is 185 Å². The van der Waals surface area contributed by atoms with Crippen LogP contribution in [0, 0.1) is 6.92 Å². The summed E-state index contributed by atoms with van der Waals surface area (Å²) in [6.45, 7) is 3.99. The highest BCUT2D eigenvalue weighted by molar-refractivity contribution is 7.99. The molecular formula is C24H23N5OS. The number of hydrogen-bond acceptors (Lipinski definition) is 5. The SMILES string of the molecule is Cc1ccccc1-n1nnnc1SCC(=O)N[C@H](C)c1ccc(-c2ccccc2)cc1. The number of tetrazole rings is 1. The minimum absolute atomic E-state index is 0.0658. The molecule has 1 atom stereocenters. The largest absolute Gasteiger partial charge is 0.349 e. The minimum atomic E-state index is -0.0923. The lowest BCUT2D eigenvalue weighted by Crippen LogP contribution is -2.28. The van der Waals surface area contributed by atoms with Gasteiger partial charge in [-0.15, -0.1) is 5.10 Å². The zero-order valence-corrected chi connectivity index (χ0v) is 18.2. The number of amides is 1. The molecule has 0 aliphatic carbocycles. The van der Waals surface area contributed by atoms with E-state index in [0.717, 1.165) is 22.4 Å². The van der Waals surface area contributed by atoms with Crippen LogP contribution in [-0.4, -0.2) is 31.9 Å². The number of aryl methyl sites for hydroxylation is 1. The Kier molecular flexibility index (Phi) is 6.43. The molecule has 1 N–H and O–H groups in total. The molecule has 0 radical (unpaired) electrons. The van der Waals surface area contributed by atoms with E-state index in [1.54, 1.807) is 4.68 Å². The second-order valence-electron chi connectivity index (χ2n) is 7.23. The average Bonchev–Trinajstić information content (AvgIpc) is 3.27. The fourth-order valence-electron chi connectivity index (χ4n) is 3.31. The van der Waals surface area contributed by atoms with Gasteiger partial charge in [0.25, 0.3) is 0 Å². The van der Waals surface area contributed by atoms with Crippen LogP contribution in [0.4, 0.5) is 0 Å². The Morgan fingerprint density at radius 2 is 1.65 bits per heavy atom. The summed E-state index contributed by atoms with van der Waals surface area (Å²) in [7, 11) is 0. The number of carbonyl (C=O) groups excluding carboxylic acids is 1. The molecular weight excluding hydrogens is 406 g/mol. The Bertz CT molecular complexity index is 1160. The summed E-state index contributed by atoms with van der Waals surface area (Å²) in [6.07, 6.45) is 0. The molecule has 6 nitrogen and oxygen atoms in total. The van der Waals surface area contributed by atoms with Gasteiger partial charge in [-0.25, -0.2) is 0 Å². The van der Waals surface area contributed by atoms with Crippen LogP contribution in [-0.2, 0) is 4.79 Å². The molecule has 1 heterocycles. The number of nitrogens with one attached hydrogen (secondary N) is 1. The normalized spacial score (nSPS) is 11.8. The molecule has 0 unspecified atom stereocenters. The Balaban J connectivity index is 1.36. The van der Waals surface area contributed by atoms with Crippen molar-refractivity contribution in [2.75, 3.05) is 5.75 Å². The van der Waals surface area contributed by atoms with Gasteiger partial charge in [0.1, 0.15) is 0 Å². The summed E-state index contributed by atoms with van der Waals surface area (Å²) in [5, 5.41) is 15.5. The maximum atomic E-state index is 12.5. The van der Waals surface area contributed by atoms with Gasteiger partial charge in [0, 0.05) is 0 Å². The lowest BCUT2D eigenvalue weighted by atomic mass is 10.0. The first-order valence-corrected chi connectivity index (χ1v) is 11.0. The van der Waals surface area contributed by atoms with Crippen molar-refractivity contribution in [3.63, 3.8) is 0 Å². The van der Waals surface area contributed by atoms with E-state index in [-0.39, 0.29) is 17.7 Å². The van der Waals surface area contributed by atoms with Crippen LogP contribution in [0.25, 0.3) is 16.8 Å². The predicted octanol–water partition coefficient (Wildman–Crippen LogP) is 4.61. The van der Waals surface area contributed by atoms with Crippen molar-refractivity contribution in [2.45, 2.75) is 25.0 Å². The molecule has 0 aliphatic heterocycles. The molecule has 156 valence electrons. The van der Waals surface area contributed by atoms with Crippen molar-refractivity contribution in [1.29, 1.82) is 0 Å². The monoisotopic (exact) mass is 429 g/mol. The molecule has 1 aromatic heterocycles. The van der Waals surface area contributed by atoms with Gasteiger partial charge in [0.05, 0.1) is 17.5 Å². The highest BCUT2D eigenvalue weighted by Crippen LogP contribution is 2.23. The standard InChI is InChI=1S/C24H23N5OS/c1-17-8-6-7-11-22(17)29-24(26-27-28-29)31-16-23(30)25-18(2)19-12-14-21(15-13-19)20-9-4-3-5-10-20/h3-15,18H,16H2,1-2H3,(H,25,30)/t18-/m1/s1. The molecule has 4 aromatic rings. The highest BCUT2D eigenvalue weighted by Gasteiger charge is 2.15. The van der Waals surface area contributed by atoms with Gasteiger partial charge in [-0.05, 0) is 52.6 Å². The number of hydrogen-bond donors (Lipinski definition) is 1. The van der Waals surface area contributed by atoms with E-state index in [9.17, 15) is 4.79 Å². The molecule has 0 aliphatic rings. The van der Waals surface area contributed by atoms with E-state index in [4.69, 9.17) is 0 Å². The molecule has 3 aromatic carbocycles. The summed E-state index contributed by atoms with van der Waals surface area (Å²) in [5.41, 5.74) is 5.36. The lowest BCUT2D eigenvalue weighted by Gasteiger charge is -2.15. The quantitative estimate of drug-likeness (QED) is 0.435. The zero-order valence-electron chi connectivity index (χ0n) is 17.4. The van der Waals surface area contributed by atoms with Crippen molar-refractivity contribution < 1.29 is 4.79 Å². The Morgan fingerprint density at radius 3 is 2.39 bits per heavy atom. The smallest absolute Gasteiger partial charge is 0.230 e. The topological polar surface area (TPSA) is 72.7 Å². The molecule has 0 fully saturated rings. The van der Waals surface area contributed by atoms with E-state index in [1.807, 2.05) is 56.3 Å². The van der Waals surface area contributed by atoms with Gasteiger partial charge in [0.15, 0.2) is 0 Å². The second kappa shape index (κ2) is 9.57. The van der Waals surface area contributed by atoms with Gasteiger partial charge in [-0.2, -0.15) is 4.68 Å². The zero-order chi connectivity index (χ0) is 21.6. The number of para-hydroxylation sites is 1. The van der Waals surface area contributed by atoms with Crippen LogP contribution in [0.3, 0.4) is 0 Å². The van der Waals surface area contributed by atoms with Gasteiger partial charge >= 0.3 is 0 Å². The number of aromatic nitrogens is 4. The van der Waals surface area contributed by atoms with Gasteiger partial charge in [-0.3, -0.25) is 4.79 Å². The van der Waals surface area contributed by atoms with Crippen LogP contribution in [0.1, 0.15) is 24.1 Å². The van der Waals surface area contributed by atoms with Crippen molar-refractivity contribution in [3.05, 3.63) is 90.0 Å². The summed E-state index contributed by atoms with van der Waals surface area (Å²) in [4.78, 5) is 12.5. The molecule has 0 saturated carbocycles.